The van der Waals surface area contributed by atoms with Crippen molar-refractivity contribution in [2.45, 2.75) is 59.2 Å². The first-order valence-electron chi connectivity index (χ1n) is 7.72. The first kappa shape index (κ1) is 18.7. The van der Waals surface area contributed by atoms with E-state index < -0.39 is 23.1 Å². The molecule has 1 unspecified atom stereocenters. The fourth-order valence-corrected chi connectivity index (χ4v) is 3.07. The van der Waals surface area contributed by atoms with Crippen molar-refractivity contribution in [2.24, 2.45) is 11.3 Å². The third-order valence-electron chi connectivity index (χ3n) is 4.33. The predicted molar refractivity (Wildman–Crippen MR) is 82.7 cm³/mol. The Hall–Kier alpha value is -1.30. The molecule has 0 bridgehead atoms. The average molecular weight is 315 g/mol. The number of carbonyl (C=O) groups excluding carboxylic acids is 1. The molecule has 1 aliphatic rings. The van der Waals surface area contributed by atoms with Crippen LogP contribution in [0.3, 0.4) is 0 Å². The van der Waals surface area contributed by atoms with Crippen molar-refractivity contribution < 1.29 is 24.2 Å². The second-order valence-electron chi connectivity index (χ2n) is 7.52. The van der Waals surface area contributed by atoms with Crippen LogP contribution in [0.2, 0.25) is 0 Å². The van der Waals surface area contributed by atoms with Gasteiger partial charge in [-0.05, 0) is 39.5 Å². The summed E-state index contributed by atoms with van der Waals surface area (Å²) in [4.78, 5) is 25.1. The predicted octanol–water partition coefficient (Wildman–Crippen LogP) is 2.76. The topological polar surface area (TPSA) is 76.1 Å². The van der Waals surface area contributed by atoms with E-state index >= 15 is 0 Å². The lowest BCUT2D eigenvalue weighted by Crippen LogP contribution is -2.49. The molecule has 0 aromatic heterocycles. The molecule has 0 spiro atoms. The van der Waals surface area contributed by atoms with E-state index in [9.17, 15) is 14.7 Å². The summed E-state index contributed by atoms with van der Waals surface area (Å²) in [7, 11) is 1.43. The highest BCUT2D eigenvalue weighted by molar-refractivity contribution is 5.73. The molecule has 1 rings (SSSR count). The maximum absolute atomic E-state index is 12.1. The summed E-state index contributed by atoms with van der Waals surface area (Å²) in [6.07, 6.45) is 0.356. The van der Waals surface area contributed by atoms with Gasteiger partial charge in [-0.3, -0.25) is 0 Å². The van der Waals surface area contributed by atoms with Gasteiger partial charge < -0.3 is 19.5 Å². The van der Waals surface area contributed by atoms with Crippen LogP contribution in [-0.2, 0) is 14.3 Å². The standard InChI is InChI=1S/C16H29NO5/c1-15(2,3)22-14(20)17-9-7-11(8-10-17)16(4,5)12(21-6)13(18)19/h11-12H,7-10H2,1-6H3,(H,18,19). The van der Waals surface area contributed by atoms with Gasteiger partial charge in [0.15, 0.2) is 6.10 Å². The SMILES string of the molecule is COC(C(=O)O)C(C)(C)C1CCN(C(=O)OC(C)(C)C)CC1. The van der Waals surface area contributed by atoms with E-state index in [2.05, 4.69) is 0 Å². The van der Waals surface area contributed by atoms with Crippen LogP contribution in [0, 0.1) is 11.3 Å². The normalized spacial score (nSPS) is 18.9. The number of ether oxygens (including phenoxy) is 2. The maximum atomic E-state index is 12.1. The molecular weight excluding hydrogens is 286 g/mol. The molecule has 1 N–H and O–H groups in total. The van der Waals surface area contributed by atoms with Gasteiger partial charge in [-0.2, -0.15) is 0 Å². The van der Waals surface area contributed by atoms with Crippen LogP contribution in [0.25, 0.3) is 0 Å². The molecule has 0 aromatic rings. The van der Waals surface area contributed by atoms with Crippen LogP contribution >= 0.6 is 0 Å². The van der Waals surface area contributed by atoms with Crippen LogP contribution in [0.4, 0.5) is 4.79 Å². The number of amides is 1. The number of carboxylic acid groups (broad SMARTS) is 1. The van der Waals surface area contributed by atoms with Crippen molar-refractivity contribution in [3.05, 3.63) is 0 Å². The minimum absolute atomic E-state index is 0.187. The average Bonchev–Trinajstić information content (AvgIpc) is 2.36. The second-order valence-corrected chi connectivity index (χ2v) is 7.52. The van der Waals surface area contributed by atoms with Gasteiger partial charge in [0, 0.05) is 25.6 Å². The Balaban J connectivity index is 2.65. The first-order chi connectivity index (χ1) is 9.99. The van der Waals surface area contributed by atoms with Gasteiger partial charge in [-0.1, -0.05) is 13.8 Å². The van der Waals surface area contributed by atoms with Crippen LogP contribution in [0.15, 0.2) is 0 Å². The fourth-order valence-electron chi connectivity index (χ4n) is 3.07. The summed E-state index contributed by atoms with van der Waals surface area (Å²) in [5, 5.41) is 9.30. The minimum Gasteiger partial charge on any atom is -0.479 e. The van der Waals surface area contributed by atoms with E-state index in [1.165, 1.54) is 7.11 Å². The number of methoxy groups -OCH3 is 1. The highest BCUT2D eigenvalue weighted by Crippen LogP contribution is 2.39. The summed E-state index contributed by atoms with van der Waals surface area (Å²) in [6.45, 7) is 10.5. The van der Waals surface area contributed by atoms with Crippen molar-refractivity contribution in [2.75, 3.05) is 20.2 Å². The molecule has 0 radical (unpaired) electrons. The van der Waals surface area contributed by atoms with Crippen LogP contribution in [0.1, 0.15) is 47.5 Å². The van der Waals surface area contributed by atoms with E-state index in [1.807, 2.05) is 34.6 Å². The molecule has 1 heterocycles. The van der Waals surface area contributed by atoms with E-state index in [-0.39, 0.29) is 12.0 Å². The van der Waals surface area contributed by atoms with Crippen molar-refractivity contribution in [3.8, 4) is 0 Å². The van der Waals surface area contributed by atoms with Gasteiger partial charge in [0.25, 0.3) is 0 Å². The molecular formula is C16H29NO5. The minimum atomic E-state index is -0.943. The Morgan fingerprint density at radius 1 is 1.14 bits per heavy atom. The van der Waals surface area contributed by atoms with Gasteiger partial charge in [-0.25, -0.2) is 9.59 Å². The Labute approximate surface area is 132 Å². The van der Waals surface area contributed by atoms with E-state index in [0.29, 0.717) is 13.1 Å². The fraction of sp³-hybridized carbons (Fsp3) is 0.875. The van der Waals surface area contributed by atoms with Crippen molar-refractivity contribution in [1.82, 2.24) is 4.90 Å². The van der Waals surface area contributed by atoms with Crippen molar-refractivity contribution in [1.29, 1.82) is 0 Å². The first-order valence-corrected chi connectivity index (χ1v) is 7.72. The number of piperidine rings is 1. The number of likely N-dealkylation sites (tertiary alicyclic amines) is 1. The molecule has 128 valence electrons. The van der Waals surface area contributed by atoms with Crippen LogP contribution in [-0.4, -0.2) is 54.0 Å². The van der Waals surface area contributed by atoms with Crippen molar-refractivity contribution in [3.63, 3.8) is 0 Å². The molecule has 1 fully saturated rings. The molecule has 6 heteroatoms. The third-order valence-corrected chi connectivity index (χ3v) is 4.33. The zero-order valence-electron chi connectivity index (χ0n) is 14.5. The van der Waals surface area contributed by atoms with E-state index in [0.717, 1.165) is 12.8 Å². The van der Waals surface area contributed by atoms with E-state index in [4.69, 9.17) is 9.47 Å². The Kier molecular flexibility index (Phi) is 5.84. The van der Waals surface area contributed by atoms with Crippen LogP contribution < -0.4 is 0 Å². The van der Waals surface area contributed by atoms with Crippen molar-refractivity contribution >= 4 is 12.1 Å². The Bertz CT molecular complexity index is 405. The largest absolute Gasteiger partial charge is 0.479 e. The summed E-state index contributed by atoms with van der Waals surface area (Å²) < 4.78 is 10.5. The molecule has 0 aromatic carbocycles. The zero-order valence-corrected chi connectivity index (χ0v) is 14.5. The monoisotopic (exact) mass is 315 g/mol. The molecule has 1 atom stereocenters. The lowest BCUT2D eigenvalue weighted by molar-refractivity contribution is -0.160. The van der Waals surface area contributed by atoms with Crippen LogP contribution in [0.5, 0.6) is 0 Å². The van der Waals surface area contributed by atoms with Gasteiger partial charge in [0.2, 0.25) is 0 Å². The summed E-state index contributed by atoms with van der Waals surface area (Å²) in [5.41, 5.74) is -0.988. The Morgan fingerprint density at radius 3 is 2.00 bits per heavy atom. The summed E-state index contributed by atoms with van der Waals surface area (Å²) >= 11 is 0. The lowest BCUT2D eigenvalue weighted by Gasteiger charge is -2.43. The number of nitrogens with zero attached hydrogens (tertiary/aromatic N) is 1. The molecule has 22 heavy (non-hydrogen) atoms. The molecule has 0 saturated carbocycles. The van der Waals surface area contributed by atoms with E-state index in [1.54, 1.807) is 4.90 Å². The zero-order chi connectivity index (χ0) is 17.1. The number of aliphatic carboxylic acids is 1. The molecule has 0 aliphatic carbocycles. The van der Waals surface area contributed by atoms with Gasteiger partial charge in [0.1, 0.15) is 5.60 Å². The quantitative estimate of drug-likeness (QED) is 0.863. The summed E-state index contributed by atoms with van der Waals surface area (Å²) in [5.74, 6) is -0.755. The molecule has 1 aliphatic heterocycles. The molecule has 6 nitrogen and oxygen atoms in total. The number of hydrogen-bond donors (Lipinski definition) is 1. The number of carbonyl (C=O) groups is 2. The number of rotatable bonds is 4. The number of hydrogen-bond acceptors (Lipinski definition) is 4. The number of carboxylic acids is 1. The third kappa shape index (κ3) is 4.60. The van der Waals surface area contributed by atoms with Gasteiger partial charge in [0.05, 0.1) is 0 Å². The lowest BCUT2D eigenvalue weighted by atomic mass is 9.70. The van der Waals surface area contributed by atoms with Gasteiger partial charge in [-0.15, -0.1) is 0 Å². The molecule has 1 amide bonds. The Morgan fingerprint density at radius 2 is 1.64 bits per heavy atom. The van der Waals surface area contributed by atoms with Gasteiger partial charge >= 0.3 is 12.1 Å². The summed E-state index contributed by atoms with van der Waals surface area (Å²) in [6, 6.07) is 0. The molecule has 1 saturated heterocycles. The highest BCUT2D eigenvalue weighted by Gasteiger charge is 2.43. The highest BCUT2D eigenvalue weighted by atomic mass is 16.6. The second kappa shape index (κ2) is 6.86. The smallest absolute Gasteiger partial charge is 0.410 e. The maximum Gasteiger partial charge on any atom is 0.410 e.